The van der Waals surface area contributed by atoms with Crippen LogP contribution in [0.3, 0.4) is 0 Å². The number of nitrogens with zero attached hydrogens (tertiary/aromatic N) is 2. The third kappa shape index (κ3) is 3.99. The number of carbonyl (C=O) groups is 1. The summed E-state index contributed by atoms with van der Waals surface area (Å²) in [5, 5.41) is 6.21. The van der Waals surface area contributed by atoms with Crippen molar-refractivity contribution < 1.29 is 14.3 Å². The van der Waals surface area contributed by atoms with Crippen molar-refractivity contribution in [3.05, 3.63) is 65.1 Å². The highest BCUT2D eigenvalue weighted by Gasteiger charge is 2.16. The summed E-state index contributed by atoms with van der Waals surface area (Å²) in [4.78, 5) is 21.6. The fraction of sp³-hybridized carbons (Fsp3) is 0.227. The fourth-order valence-electron chi connectivity index (χ4n) is 3.25. The van der Waals surface area contributed by atoms with Crippen LogP contribution in [0.2, 0.25) is 0 Å². The molecule has 1 aliphatic heterocycles. The van der Waals surface area contributed by atoms with Gasteiger partial charge in [-0.25, -0.2) is 9.97 Å². The Morgan fingerprint density at radius 1 is 1.07 bits per heavy atom. The maximum atomic E-state index is 12.9. The van der Waals surface area contributed by atoms with E-state index in [1.165, 1.54) is 0 Å². The van der Waals surface area contributed by atoms with E-state index in [9.17, 15) is 4.79 Å². The van der Waals surface area contributed by atoms with Crippen molar-refractivity contribution in [1.29, 1.82) is 0 Å². The lowest BCUT2D eigenvalue weighted by molar-refractivity contribution is 0.102. The van der Waals surface area contributed by atoms with Gasteiger partial charge < -0.3 is 20.1 Å². The highest BCUT2D eigenvalue weighted by atomic mass is 16.7. The average Bonchev–Trinajstić information content (AvgIpc) is 3.17. The van der Waals surface area contributed by atoms with E-state index in [0.29, 0.717) is 28.8 Å². The second-order valence-electron chi connectivity index (χ2n) is 6.80. The van der Waals surface area contributed by atoms with Crippen LogP contribution in [0.25, 0.3) is 0 Å². The van der Waals surface area contributed by atoms with Gasteiger partial charge in [-0.1, -0.05) is 25.1 Å². The summed E-state index contributed by atoms with van der Waals surface area (Å²) in [5.74, 6) is 2.14. The molecule has 1 amide bonds. The van der Waals surface area contributed by atoms with Crippen LogP contribution in [0, 0.1) is 13.8 Å². The SMILES string of the molecule is CCc1cccc(C)c1NC(=O)c1cc(Nc2ccc3c(c2)OCO3)nc(C)n1. The molecule has 2 aromatic carbocycles. The van der Waals surface area contributed by atoms with E-state index in [1.807, 2.05) is 43.3 Å². The largest absolute Gasteiger partial charge is 0.454 e. The Bertz CT molecular complexity index is 1080. The molecule has 0 spiro atoms. The number of amides is 1. The maximum absolute atomic E-state index is 12.9. The second-order valence-corrected chi connectivity index (χ2v) is 6.80. The van der Waals surface area contributed by atoms with Gasteiger partial charge >= 0.3 is 0 Å². The van der Waals surface area contributed by atoms with Gasteiger partial charge in [-0.2, -0.15) is 0 Å². The van der Waals surface area contributed by atoms with Crippen LogP contribution in [0.1, 0.15) is 34.4 Å². The molecule has 0 atom stereocenters. The van der Waals surface area contributed by atoms with Crippen LogP contribution in [-0.4, -0.2) is 22.7 Å². The first-order valence-electron chi connectivity index (χ1n) is 9.45. The zero-order chi connectivity index (χ0) is 20.4. The molecule has 7 heteroatoms. The molecule has 0 fully saturated rings. The lowest BCUT2D eigenvalue weighted by Gasteiger charge is -2.13. The molecular formula is C22H22N4O3. The molecule has 0 saturated heterocycles. The van der Waals surface area contributed by atoms with Gasteiger partial charge in [0.05, 0.1) is 0 Å². The highest BCUT2D eigenvalue weighted by Crippen LogP contribution is 2.35. The van der Waals surface area contributed by atoms with Crippen LogP contribution in [0.5, 0.6) is 11.5 Å². The Balaban J connectivity index is 1.58. The van der Waals surface area contributed by atoms with Gasteiger partial charge in [0.1, 0.15) is 17.3 Å². The standard InChI is InChI=1S/C22H22N4O3/c1-4-15-7-5-6-13(2)21(15)26-22(27)17-11-20(24-14(3)23-17)25-16-8-9-18-19(10-16)29-12-28-18/h5-11H,4,12H2,1-3H3,(H,26,27)(H,23,24,25). The highest BCUT2D eigenvalue weighted by molar-refractivity contribution is 6.04. The lowest BCUT2D eigenvalue weighted by atomic mass is 10.1. The van der Waals surface area contributed by atoms with Crippen molar-refractivity contribution in [2.45, 2.75) is 27.2 Å². The number of rotatable bonds is 5. The predicted molar refractivity (Wildman–Crippen MR) is 111 cm³/mol. The summed E-state index contributed by atoms with van der Waals surface area (Å²) in [6.45, 7) is 6.01. The molecule has 29 heavy (non-hydrogen) atoms. The number of ether oxygens (including phenoxy) is 2. The quantitative estimate of drug-likeness (QED) is 0.672. The Labute approximate surface area is 169 Å². The molecular weight excluding hydrogens is 368 g/mol. The fourth-order valence-corrected chi connectivity index (χ4v) is 3.25. The summed E-state index contributed by atoms with van der Waals surface area (Å²) in [5.41, 5.74) is 4.02. The van der Waals surface area contributed by atoms with Crippen LogP contribution in [0.4, 0.5) is 17.2 Å². The monoisotopic (exact) mass is 390 g/mol. The molecule has 2 heterocycles. The second kappa shape index (κ2) is 7.79. The Morgan fingerprint density at radius 3 is 2.72 bits per heavy atom. The zero-order valence-corrected chi connectivity index (χ0v) is 16.6. The van der Waals surface area contributed by atoms with E-state index in [2.05, 4.69) is 27.5 Å². The molecule has 2 N–H and O–H groups in total. The Kier molecular flexibility index (Phi) is 5.03. The topological polar surface area (TPSA) is 85.4 Å². The summed E-state index contributed by atoms with van der Waals surface area (Å²) in [6.07, 6.45) is 0.830. The van der Waals surface area contributed by atoms with E-state index in [0.717, 1.165) is 28.9 Å². The molecule has 4 rings (SSSR count). The third-order valence-corrected chi connectivity index (χ3v) is 4.69. The van der Waals surface area contributed by atoms with Gasteiger partial charge in [-0.3, -0.25) is 4.79 Å². The number of carbonyl (C=O) groups excluding carboxylic acids is 1. The summed E-state index contributed by atoms with van der Waals surface area (Å²) in [6, 6.07) is 13.2. The van der Waals surface area contributed by atoms with Crippen molar-refractivity contribution in [1.82, 2.24) is 9.97 Å². The predicted octanol–water partition coefficient (Wildman–Crippen LogP) is 4.38. The molecule has 148 valence electrons. The molecule has 7 nitrogen and oxygen atoms in total. The van der Waals surface area contributed by atoms with Crippen molar-refractivity contribution in [3.8, 4) is 11.5 Å². The first kappa shape index (κ1) is 18.7. The number of nitrogens with one attached hydrogen (secondary N) is 2. The minimum absolute atomic E-state index is 0.217. The summed E-state index contributed by atoms with van der Waals surface area (Å²) in [7, 11) is 0. The van der Waals surface area contributed by atoms with Gasteiger partial charge in [-0.15, -0.1) is 0 Å². The van der Waals surface area contributed by atoms with Crippen molar-refractivity contribution in [2.24, 2.45) is 0 Å². The number of fused-ring (bicyclic) bond motifs is 1. The lowest BCUT2D eigenvalue weighted by Crippen LogP contribution is -2.17. The number of anilines is 3. The number of benzene rings is 2. The molecule has 0 radical (unpaired) electrons. The maximum Gasteiger partial charge on any atom is 0.274 e. The number of hydrogen-bond acceptors (Lipinski definition) is 6. The van der Waals surface area contributed by atoms with Gasteiger partial charge in [0.2, 0.25) is 6.79 Å². The van der Waals surface area contributed by atoms with Gasteiger partial charge in [0.25, 0.3) is 5.91 Å². The molecule has 0 unspecified atom stereocenters. The van der Waals surface area contributed by atoms with Crippen LogP contribution in [-0.2, 0) is 6.42 Å². The van der Waals surface area contributed by atoms with E-state index in [4.69, 9.17) is 9.47 Å². The first-order chi connectivity index (χ1) is 14.0. The summed E-state index contributed by atoms with van der Waals surface area (Å²) < 4.78 is 10.7. The zero-order valence-electron chi connectivity index (χ0n) is 16.6. The molecule has 0 bridgehead atoms. The minimum atomic E-state index is -0.270. The normalized spacial score (nSPS) is 12.0. The van der Waals surface area contributed by atoms with E-state index >= 15 is 0 Å². The smallest absolute Gasteiger partial charge is 0.274 e. The molecule has 0 saturated carbocycles. The third-order valence-electron chi connectivity index (χ3n) is 4.69. The van der Waals surface area contributed by atoms with Gasteiger partial charge in [-0.05, 0) is 43.5 Å². The van der Waals surface area contributed by atoms with Crippen molar-refractivity contribution >= 4 is 23.1 Å². The van der Waals surface area contributed by atoms with Crippen molar-refractivity contribution in [2.75, 3.05) is 17.4 Å². The molecule has 0 aliphatic carbocycles. The number of aryl methyl sites for hydroxylation is 3. The Morgan fingerprint density at radius 2 is 1.90 bits per heavy atom. The Hall–Kier alpha value is -3.61. The van der Waals surface area contributed by atoms with Gasteiger partial charge in [0, 0.05) is 23.5 Å². The van der Waals surface area contributed by atoms with Crippen LogP contribution < -0.4 is 20.1 Å². The van der Waals surface area contributed by atoms with E-state index in [1.54, 1.807) is 13.0 Å². The number of aromatic nitrogens is 2. The summed E-state index contributed by atoms with van der Waals surface area (Å²) >= 11 is 0. The molecule has 1 aliphatic rings. The number of hydrogen-bond donors (Lipinski definition) is 2. The molecule has 1 aromatic heterocycles. The van der Waals surface area contributed by atoms with Crippen molar-refractivity contribution in [3.63, 3.8) is 0 Å². The molecule has 3 aromatic rings. The van der Waals surface area contributed by atoms with Gasteiger partial charge in [0.15, 0.2) is 11.5 Å². The van der Waals surface area contributed by atoms with Crippen LogP contribution >= 0.6 is 0 Å². The minimum Gasteiger partial charge on any atom is -0.454 e. The average molecular weight is 390 g/mol. The van der Waals surface area contributed by atoms with E-state index in [-0.39, 0.29) is 12.7 Å². The first-order valence-corrected chi connectivity index (χ1v) is 9.45. The van der Waals surface area contributed by atoms with E-state index < -0.39 is 0 Å². The number of para-hydroxylation sites is 1. The van der Waals surface area contributed by atoms with Crippen LogP contribution in [0.15, 0.2) is 42.5 Å².